The summed E-state index contributed by atoms with van der Waals surface area (Å²) in [6.45, 7) is 7.86. The number of anilines is 1. The Bertz CT molecular complexity index is 461. The first-order valence-corrected chi connectivity index (χ1v) is 6.76. The van der Waals surface area contributed by atoms with E-state index in [0.29, 0.717) is 5.82 Å². The van der Waals surface area contributed by atoms with Gasteiger partial charge in [0.25, 0.3) is 0 Å². The number of nitrogens with zero attached hydrogens (tertiary/aromatic N) is 3. The lowest BCUT2D eigenvalue weighted by Gasteiger charge is -2.16. The SMILES string of the molecule is CCC(CC)Nc1nc(C(C)C)nc(Cl)c1[N+](=O)[O-]. The zero-order valence-electron chi connectivity index (χ0n) is 11.6. The molecule has 7 heteroatoms. The van der Waals surface area contributed by atoms with Crippen LogP contribution in [0.1, 0.15) is 52.3 Å². The van der Waals surface area contributed by atoms with Crippen molar-refractivity contribution >= 4 is 23.1 Å². The van der Waals surface area contributed by atoms with Crippen molar-refractivity contribution in [3.63, 3.8) is 0 Å². The van der Waals surface area contributed by atoms with Gasteiger partial charge in [-0.3, -0.25) is 10.1 Å². The van der Waals surface area contributed by atoms with Gasteiger partial charge in [0.15, 0.2) is 0 Å². The maximum atomic E-state index is 11.1. The molecule has 0 aliphatic rings. The van der Waals surface area contributed by atoms with Crippen molar-refractivity contribution in [3.05, 3.63) is 21.1 Å². The molecule has 1 aromatic rings. The quantitative estimate of drug-likeness (QED) is 0.489. The van der Waals surface area contributed by atoms with E-state index < -0.39 is 4.92 Å². The summed E-state index contributed by atoms with van der Waals surface area (Å²) in [4.78, 5) is 18.8. The van der Waals surface area contributed by atoms with E-state index in [2.05, 4.69) is 15.3 Å². The second-order valence-electron chi connectivity index (χ2n) is 4.64. The number of hydrogen-bond donors (Lipinski definition) is 1. The minimum atomic E-state index is -0.544. The molecule has 0 aromatic carbocycles. The Morgan fingerprint density at radius 3 is 2.32 bits per heavy atom. The van der Waals surface area contributed by atoms with Crippen molar-refractivity contribution in [2.75, 3.05) is 5.32 Å². The summed E-state index contributed by atoms with van der Waals surface area (Å²) in [5.41, 5.74) is -0.252. The number of nitrogens with one attached hydrogen (secondary N) is 1. The highest BCUT2D eigenvalue weighted by molar-refractivity contribution is 6.31. The topological polar surface area (TPSA) is 81.0 Å². The number of aromatic nitrogens is 2. The minimum absolute atomic E-state index is 0.0561. The van der Waals surface area contributed by atoms with Gasteiger partial charge in [-0.2, -0.15) is 0 Å². The fraction of sp³-hybridized carbons (Fsp3) is 0.667. The van der Waals surface area contributed by atoms with Gasteiger partial charge in [-0.15, -0.1) is 0 Å². The third-order valence-corrected chi connectivity index (χ3v) is 3.15. The fourth-order valence-electron chi connectivity index (χ4n) is 1.65. The number of hydrogen-bond acceptors (Lipinski definition) is 5. The average Bonchev–Trinajstić information content (AvgIpc) is 2.34. The number of nitro groups is 1. The lowest BCUT2D eigenvalue weighted by molar-refractivity contribution is -0.384. The Hall–Kier alpha value is -1.43. The molecule has 1 rings (SSSR count). The molecule has 6 nitrogen and oxygen atoms in total. The highest BCUT2D eigenvalue weighted by Gasteiger charge is 2.25. The second kappa shape index (κ2) is 6.65. The summed E-state index contributed by atoms with van der Waals surface area (Å²) in [6.07, 6.45) is 1.71. The second-order valence-corrected chi connectivity index (χ2v) is 5.00. The highest BCUT2D eigenvalue weighted by Crippen LogP contribution is 2.31. The Labute approximate surface area is 117 Å². The normalized spacial score (nSPS) is 11.1. The van der Waals surface area contributed by atoms with Gasteiger partial charge in [-0.25, -0.2) is 9.97 Å². The number of rotatable bonds is 6. The average molecular weight is 287 g/mol. The van der Waals surface area contributed by atoms with Crippen LogP contribution in [0.5, 0.6) is 0 Å². The molecule has 0 bridgehead atoms. The molecular formula is C12H19ClN4O2. The molecule has 0 fully saturated rings. The summed E-state index contributed by atoms with van der Waals surface area (Å²) in [7, 11) is 0. The Balaban J connectivity index is 3.27. The summed E-state index contributed by atoms with van der Waals surface area (Å²) in [5.74, 6) is 0.770. The summed E-state index contributed by atoms with van der Waals surface area (Å²) in [5, 5.41) is 14.1. The van der Waals surface area contributed by atoms with Gasteiger partial charge >= 0.3 is 5.69 Å². The van der Waals surface area contributed by atoms with E-state index in [0.717, 1.165) is 12.8 Å². The van der Waals surface area contributed by atoms with E-state index in [1.54, 1.807) is 0 Å². The van der Waals surface area contributed by atoms with Crippen molar-refractivity contribution < 1.29 is 4.92 Å². The molecule has 19 heavy (non-hydrogen) atoms. The molecule has 0 spiro atoms. The zero-order chi connectivity index (χ0) is 14.6. The Kier molecular flexibility index (Phi) is 5.47. The van der Waals surface area contributed by atoms with Crippen LogP contribution in [0.25, 0.3) is 0 Å². The van der Waals surface area contributed by atoms with E-state index in [1.165, 1.54) is 0 Å². The lowest BCUT2D eigenvalue weighted by atomic mass is 10.1. The Morgan fingerprint density at radius 2 is 1.89 bits per heavy atom. The molecule has 0 amide bonds. The van der Waals surface area contributed by atoms with Gasteiger partial charge in [0.2, 0.25) is 11.0 Å². The van der Waals surface area contributed by atoms with Crippen molar-refractivity contribution in [1.82, 2.24) is 9.97 Å². The van der Waals surface area contributed by atoms with Gasteiger partial charge < -0.3 is 5.32 Å². The van der Waals surface area contributed by atoms with Crippen LogP contribution in [-0.4, -0.2) is 20.9 Å². The summed E-state index contributed by atoms with van der Waals surface area (Å²) in [6, 6.07) is 0.129. The number of halogens is 1. The predicted octanol–water partition coefficient (Wildman–Crippen LogP) is 3.76. The van der Waals surface area contributed by atoms with Crippen LogP contribution < -0.4 is 5.32 Å². The van der Waals surface area contributed by atoms with Crippen molar-refractivity contribution in [2.45, 2.75) is 52.5 Å². The van der Waals surface area contributed by atoms with Gasteiger partial charge in [0.1, 0.15) is 5.82 Å². The molecule has 1 aromatic heterocycles. The first kappa shape index (κ1) is 15.6. The molecule has 1 heterocycles. The van der Waals surface area contributed by atoms with Crippen LogP contribution in [0.15, 0.2) is 0 Å². The van der Waals surface area contributed by atoms with Crippen LogP contribution in [0.3, 0.4) is 0 Å². The van der Waals surface area contributed by atoms with Crippen LogP contribution in [0.4, 0.5) is 11.5 Å². The fourth-order valence-corrected chi connectivity index (χ4v) is 1.90. The molecule has 0 saturated heterocycles. The first-order chi connectivity index (χ1) is 8.90. The van der Waals surface area contributed by atoms with Gasteiger partial charge in [-0.1, -0.05) is 39.3 Å². The monoisotopic (exact) mass is 286 g/mol. The van der Waals surface area contributed by atoms with E-state index in [9.17, 15) is 10.1 Å². The van der Waals surface area contributed by atoms with Gasteiger partial charge in [0.05, 0.1) is 4.92 Å². The van der Waals surface area contributed by atoms with E-state index in [4.69, 9.17) is 11.6 Å². The molecule has 0 radical (unpaired) electrons. The van der Waals surface area contributed by atoms with Crippen molar-refractivity contribution in [1.29, 1.82) is 0 Å². The van der Waals surface area contributed by atoms with E-state index in [1.807, 2.05) is 27.7 Å². The molecule has 1 N–H and O–H groups in total. The lowest BCUT2D eigenvalue weighted by Crippen LogP contribution is -2.20. The van der Waals surface area contributed by atoms with Crippen molar-refractivity contribution in [2.24, 2.45) is 0 Å². The van der Waals surface area contributed by atoms with E-state index >= 15 is 0 Å². The van der Waals surface area contributed by atoms with Crippen molar-refractivity contribution in [3.8, 4) is 0 Å². The minimum Gasteiger partial charge on any atom is -0.361 e. The largest absolute Gasteiger partial charge is 0.361 e. The van der Waals surface area contributed by atoms with Crippen LogP contribution in [-0.2, 0) is 0 Å². The van der Waals surface area contributed by atoms with Gasteiger partial charge in [-0.05, 0) is 12.8 Å². The Morgan fingerprint density at radius 1 is 1.32 bits per heavy atom. The molecule has 106 valence electrons. The highest BCUT2D eigenvalue weighted by atomic mass is 35.5. The predicted molar refractivity (Wildman–Crippen MR) is 75.8 cm³/mol. The molecule has 0 unspecified atom stereocenters. The van der Waals surface area contributed by atoms with Gasteiger partial charge in [0, 0.05) is 12.0 Å². The molecular weight excluding hydrogens is 268 g/mol. The van der Waals surface area contributed by atoms with Crippen LogP contribution >= 0.6 is 11.6 Å². The smallest absolute Gasteiger partial charge is 0.348 e. The third kappa shape index (κ3) is 3.76. The van der Waals surface area contributed by atoms with Crippen LogP contribution in [0.2, 0.25) is 5.15 Å². The standard InChI is InChI=1S/C12H19ClN4O2/c1-5-8(6-2)14-12-9(17(18)19)10(13)15-11(16-12)7(3)4/h7-8H,5-6H2,1-4H3,(H,14,15,16). The molecule has 0 atom stereocenters. The van der Waals surface area contributed by atoms with Crippen LogP contribution in [0, 0.1) is 10.1 Å². The maximum Gasteiger partial charge on any atom is 0.348 e. The maximum absolute atomic E-state index is 11.1. The third-order valence-electron chi connectivity index (χ3n) is 2.88. The summed E-state index contributed by atoms with van der Waals surface area (Å²) >= 11 is 5.91. The first-order valence-electron chi connectivity index (χ1n) is 6.38. The molecule has 0 saturated carbocycles. The zero-order valence-corrected chi connectivity index (χ0v) is 12.4. The summed E-state index contributed by atoms with van der Waals surface area (Å²) < 4.78 is 0. The molecule has 0 aliphatic carbocycles. The van der Waals surface area contributed by atoms with E-state index in [-0.39, 0.29) is 28.6 Å². The molecule has 0 aliphatic heterocycles.